The molecule has 0 aromatic carbocycles. The summed E-state index contributed by atoms with van der Waals surface area (Å²) in [5.41, 5.74) is 0.145. The molecule has 0 saturated heterocycles. The maximum Gasteiger partial charge on any atom is 0.191 e. The van der Waals surface area contributed by atoms with Crippen molar-refractivity contribution in [3.8, 4) is 0 Å². The first-order valence-electron chi connectivity index (χ1n) is 5.66. The topological polar surface area (TPSA) is 45.6 Å². The summed E-state index contributed by atoms with van der Waals surface area (Å²) in [7, 11) is 0. The monoisotopic (exact) mass is 213 g/mol. The maximum atomic E-state index is 5.43. The smallest absolute Gasteiger partial charge is 0.191 e. The number of aliphatic imine (C=N–C) groups is 1. The van der Waals surface area contributed by atoms with Gasteiger partial charge in [0.15, 0.2) is 5.96 Å². The van der Waals surface area contributed by atoms with E-state index in [4.69, 9.17) is 4.74 Å². The number of hydrogen-bond donors (Lipinski definition) is 2. The molecule has 1 heterocycles. The van der Waals surface area contributed by atoms with Crippen LogP contribution in [0.25, 0.3) is 0 Å². The zero-order chi connectivity index (χ0) is 11.3. The molecule has 0 fully saturated rings. The molecule has 0 amide bonds. The third kappa shape index (κ3) is 4.51. The van der Waals surface area contributed by atoms with Crippen LogP contribution < -0.4 is 10.6 Å². The first-order valence-corrected chi connectivity index (χ1v) is 5.66. The van der Waals surface area contributed by atoms with E-state index in [0.717, 1.165) is 32.3 Å². The predicted octanol–water partition coefficient (Wildman–Crippen LogP) is 0.986. The van der Waals surface area contributed by atoms with Gasteiger partial charge in [0, 0.05) is 24.6 Å². The van der Waals surface area contributed by atoms with Crippen molar-refractivity contribution in [1.29, 1.82) is 0 Å². The minimum atomic E-state index is 0.145. The molecule has 88 valence electrons. The van der Waals surface area contributed by atoms with E-state index in [1.54, 1.807) is 0 Å². The van der Waals surface area contributed by atoms with E-state index in [9.17, 15) is 0 Å². The van der Waals surface area contributed by atoms with Gasteiger partial charge in [-0.1, -0.05) is 13.8 Å². The quantitative estimate of drug-likeness (QED) is 0.716. The molecule has 0 aromatic rings. The lowest BCUT2D eigenvalue weighted by Crippen LogP contribution is -2.43. The Morgan fingerprint density at radius 3 is 2.87 bits per heavy atom. The summed E-state index contributed by atoms with van der Waals surface area (Å²) in [5.74, 6) is 0.923. The van der Waals surface area contributed by atoms with Gasteiger partial charge in [0.25, 0.3) is 0 Å². The molecule has 4 nitrogen and oxygen atoms in total. The number of guanidine groups is 1. The Hall–Kier alpha value is -0.770. The van der Waals surface area contributed by atoms with Gasteiger partial charge in [-0.05, 0) is 13.8 Å². The van der Waals surface area contributed by atoms with Gasteiger partial charge in [0.2, 0.25) is 0 Å². The van der Waals surface area contributed by atoms with Gasteiger partial charge in [0.05, 0.1) is 13.2 Å². The van der Waals surface area contributed by atoms with Gasteiger partial charge in [-0.15, -0.1) is 0 Å². The normalized spacial score (nSPS) is 21.1. The summed E-state index contributed by atoms with van der Waals surface area (Å²) in [6, 6.07) is 0.461. The SMILES string of the molecule is CCOCC(C)(C)CNC1=NCC(C)N1. The van der Waals surface area contributed by atoms with Gasteiger partial charge in [-0.3, -0.25) is 4.99 Å². The molecule has 0 radical (unpaired) electrons. The second-order valence-corrected chi connectivity index (χ2v) is 4.89. The van der Waals surface area contributed by atoms with E-state index >= 15 is 0 Å². The molecule has 15 heavy (non-hydrogen) atoms. The van der Waals surface area contributed by atoms with Gasteiger partial charge in [0.1, 0.15) is 0 Å². The van der Waals surface area contributed by atoms with Crippen molar-refractivity contribution in [2.45, 2.75) is 33.7 Å². The molecule has 0 saturated carbocycles. The van der Waals surface area contributed by atoms with E-state index in [0.29, 0.717) is 6.04 Å². The van der Waals surface area contributed by atoms with Crippen LogP contribution in [0.3, 0.4) is 0 Å². The van der Waals surface area contributed by atoms with Crippen LogP contribution >= 0.6 is 0 Å². The van der Waals surface area contributed by atoms with Crippen molar-refractivity contribution in [2.75, 3.05) is 26.3 Å². The largest absolute Gasteiger partial charge is 0.381 e. The second-order valence-electron chi connectivity index (χ2n) is 4.89. The Morgan fingerprint density at radius 2 is 2.33 bits per heavy atom. The van der Waals surface area contributed by atoms with Gasteiger partial charge in [-0.25, -0.2) is 0 Å². The van der Waals surface area contributed by atoms with Crippen LogP contribution in [-0.4, -0.2) is 38.3 Å². The van der Waals surface area contributed by atoms with Crippen molar-refractivity contribution in [3.05, 3.63) is 0 Å². The van der Waals surface area contributed by atoms with E-state index in [2.05, 4.69) is 36.4 Å². The lowest BCUT2D eigenvalue weighted by Gasteiger charge is -2.25. The van der Waals surface area contributed by atoms with E-state index in [-0.39, 0.29) is 5.41 Å². The molecule has 1 rings (SSSR count). The van der Waals surface area contributed by atoms with Crippen LogP contribution in [0.1, 0.15) is 27.7 Å². The van der Waals surface area contributed by atoms with E-state index < -0.39 is 0 Å². The Morgan fingerprint density at radius 1 is 1.60 bits per heavy atom. The van der Waals surface area contributed by atoms with E-state index in [1.807, 2.05) is 6.92 Å². The lowest BCUT2D eigenvalue weighted by atomic mass is 9.95. The highest BCUT2D eigenvalue weighted by Gasteiger charge is 2.20. The molecule has 1 aliphatic rings. The average molecular weight is 213 g/mol. The molecule has 0 aromatic heterocycles. The summed E-state index contributed by atoms with van der Waals surface area (Å²) in [6.45, 7) is 11.8. The fourth-order valence-electron chi connectivity index (χ4n) is 1.41. The Labute approximate surface area is 92.5 Å². The van der Waals surface area contributed by atoms with Crippen LogP contribution in [-0.2, 0) is 4.74 Å². The van der Waals surface area contributed by atoms with Crippen LogP contribution in [0.15, 0.2) is 4.99 Å². The fraction of sp³-hybridized carbons (Fsp3) is 0.909. The molecule has 2 N–H and O–H groups in total. The highest BCUT2D eigenvalue weighted by Crippen LogP contribution is 2.13. The molecule has 4 heteroatoms. The Kier molecular flexibility index (Phi) is 4.39. The molecular weight excluding hydrogens is 190 g/mol. The highest BCUT2D eigenvalue weighted by molar-refractivity contribution is 5.81. The second kappa shape index (κ2) is 5.35. The lowest BCUT2D eigenvalue weighted by molar-refractivity contribution is 0.0729. The molecule has 0 aliphatic carbocycles. The van der Waals surface area contributed by atoms with Crippen LogP contribution in [0, 0.1) is 5.41 Å². The summed E-state index contributed by atoms with van der Waals surface area (Å²) < 4.78 is 5.43. The Balaban J connectivity index is 2.23. The Bertz CT molecular complexity index is 226. The van der Waals surface area contributed by atoms with Crippen molar-refractivity contribution >= 4 is 5.96 Å². The van der Waals surface area contributed by atoms with Crippen LogP contribution in [0.4, 0.5) is 0 Å². The molecule has 1 unspecified atom stereocenters. The van der Waals surface area contributed by atoms with Crippen molar-refractivity contribution < 1.29 is 4.74 Å². The van der Waals surface area contributed by atoms with Gasteiger partial charge in [-0.2, -0.15) is 0 Å². The molecule has 1 aliphatic heterocycles. The van der Waals surface area contributed by atoms with Crippen molar-refractivity contribution in [2.24, 2.45) is 10.4 Å². The first kappa shape index (κ1) is 12.3. The van der Waals surface area contributed by atoms with Crippen LogP contribution in [0.5, 0.6) is 0 Å². The number of nitrogens with zero attached hydrogens (tertiary/aromatic N) is 1. The van der Waals surface area contributed by atoms with Gasteiger partial charge < -0.3 is 15.4 Å². The molecular formula is C11H23N3O. The third-order valence-corrected chi connectivity index (χ3v) is 2.34. The fourth-order valence-corrected chi connectivity index (χ4v) is 1.41. The minimum Gasteiger partial charge on any atom is -0.381 e. The highest BCUT2D eigenvalue weighted by atomic mass is 16.5. The van der Waals surface area contributed by atoms with Crippen molar-refractivity contribution in [1.82, 2.24) is 10.6 Å². The molecule has 0 bridgehead atoms. The standard InChI is InChI=1S/C11H23N3O/c1-5-15-8-11(3,4)7-13-10-12-6-9(2)14-10/h9H,5-8H2,1-4H3,(H2,12,13,14). The summed E-state index contributed by atoms with van der Waals surface area (Å²) in [5, 5.41) is 6.60. The summed E-state index contributed by atoms with van der Waals surface area (Å²) in [4.78, 5) is 4.35. The number of ether oxygens (including phenoxy) is 1. The third-order valence-electron chi connectivity index (χ3n) is 2.34. The van der Waals surface area contributed by atoms with Gasteiger partial charge >= 0.3 is 0 Å². The number of nitrogens with one attached hydrogen (secondary N) is 2. The maximum absolute atomic E-state index is 5.43. The molecule has 1 atom stereocenters. The average Bonchev–Trinajstić information content (AvgIpc) is 2.59. The van der Waals surface area contributed by atoms with Crippen molar-refractivity contribution in [3.63, 3.8) is 0 Å². The zero-order valence-corrected chi connectivity index (χ0v) is 10.3. The summed E-state index contributed by atoms with van der Waals surface area (Å²) in [6.07, 6.45) is 0. The minimum absolute atomic E-state index is 0.145. The van der Waals surface area contributed by atoms with E-state index in [1.165, 1.54) is 0 Å². The summed E-state index contributed by atoms with van der Waals surface area (Å²) >= 11 is 0. The predicted molar refractivity (Wildman–Crippen MR) is 63.2 cm³/mol. The zero-order valence-electron chi connectivity index (χ0n) is 10.3. The number of rotatable bonds is 5. The molecule has 0 spiro atoms. The first-order chi connectivity index (χ1) is 7.03. The number of hydrogen-bond acceptors (Lipinski definition) is 4. The van der Waals surface area contributed by atoms with Crippen LogP contribution in [0.2, 0.25) is 0 Å².